The van der Waals surface area contributed by atoms with Gasteiger partial charge in [-0.1, -0.05) is 52.0 Å². The number of carboxylic acid groups (broad SMARTS) is 1. The third-order valence-corrected chi connectivity index (χ3v) is 7.41. The van der Waals surface area contributed by atoms with Crippen molar-refractivity contribution < 1.29 is 24.2 Å². The van der Waals surface area contributed by atoms with Gasteiger partial charge in [-0.3, -0.25) is 14.3 Å². The van der Waals surface area contributed by atoms with Gasteiger partial charge >= 0.3 is 5.97 Å². The number of nitrogens with one attached hydrogen (secondary N) is 1. The van der Waals surface area contributed by atoms with Crippen LogP contribution in [0.3, 0.4) is 0 Å². The number of carboxylic acids is 1. The van der Waals surface area contributed by atoms with Crippen LogP contribution in [-0.2, 0) is 4.79 Å². The van der Waals surface area contributed by atoms with Gasteiger partial charge in [0.05, 0.1) is 37.9 Å². The van der Waals surface area contributed by atoms with E-state index in [0.29, 0.717) is 29.5 Å². The van der Waals surface area contributed by atoms with Crippen LogP contribution < -0.4 is 14.8 Å². The van der Waals surface area contributed by atoms with Crippen molar-refractivity contribution in [1.29, 1.82) is 0 Å². The van der Waals surface area contributed by atoms with Gasteiger partial charge < -0.3 is 19.9 Å². The summed E-state index contributed by atoms with van der Waals surface area (Å²) in [7, 11) is 3.20. The van der Waals surface area contributed by atoms with Gasteiger partial charge in [0, 0.05) is 6.04 Å². The van der Waals surface area contributed by atoms with Crippen LogP contribution in [0.1, 0.15) is 88.7 Å². The van der Waals surface area contributed by atoms with Crippen molar-refractivity contribution in [2.45, 2.75) is 84.2 Å². The van der Waals surface area contributed by atoms with Gasteiger partial charge in [-0.05, 0) is 49.8 Å². The van der Waals surface area contributed by atoms with Crippen LogP contribution in [0.15, 0.2) is 24.3 Å². The van der Waals surface area contributed by atoms with Crippen molar-refractivity contribution in [1.82, 2.24) is 15.1 Å². The molecule has 0 aliphatic heterocycles. The number of aromatic nitrogens is 2. The zero-order valence-corrected chi connectivity index (χ0v) is 22.3. The van der Waals surface area contributed by atoms with Gasteiger partial charge in [0.1, 0.15) is 11.5 Å². The van der Waals surface area contributed by atoms with Crippen molar-refractivity contribution in [2.75, 3.05) is 14.2 Å². The van der Waals surface area contributed by atoms with E-state index in [1.807, 2.05) is 22.9 Å². The quantitative estimate of drug-likeness (QED) is 0.387. The van der Waals surface area contributed by atoms with Gasteiger partial charge in [-0.2, -0.15) is 5.10 Å². The first-order valence-corrected chi connectivity index (χ1v) is 13.1. The maximum absolute atomic E-state index is 13.3. The Morgan fingerprint density at radius 1 is 1.11 bits per heavy atom. The molecule has 0 radical (unpaired) electrons. The molecule has 1 aromatic heterocycles. The van der Waals surface area contributed by atoms with Crippen molar-refractivity contribution in [3.05, 3.63) is 30.0 Å². The van der Waals surface area contributed by atoms with Gasteiger partial charge in [0.2, 0.25) is 0 Å². The number of benzene rings is 1. The minimum Gasteiger partial charge on any atom is -0.496 e. The first-order valence-electron chi connectivity index (χ1n) is 13.1. The summed E-state index contributed by atoms with van der Waals surface area (Å²) in [6.45, 7) is 6.26. The van der Waals surface area contributed by atoms with E-state index in [-0.39, 0.29) is 30.0 Å². The van der Waals surface area contributed by atoms with E-state index < -0.39 is 12.0 Å². The standard InChI is InChI=1S/C28H41N3O5/c1-18(2)19(3)31-23(27-24(35-4)12-9-13-25(27)36-5)17-22(30-31)28(34)29-21(16-26(32)33)15-14-20-10-7-6-8-11-20/h9,12-13,17-21H,6-8,10-11,14-16H2,1-5H3,(H,29,34)(H,32,33)/t19?,21-/m0/s1. The molecule has 1 fully saturated rings. The number of aliphatic carboxylic acids is 1. The fourth-order valence-electron chi connectivity index (χ4n) is 5.00. The fourth-order valence-corrected chi connectivity index (χ4v) is 5.00. The van der Waals surface area contributed by atoms with E-state index in [4.69, 9.17) is 9.47 Å². The molecule has 2 N–H and O–H groups in total. The highest BCUT2D eigenvalue weighted by atomic mass is 16.5. The molecule has 1 aliphatic rings. The van der Waals surface area contributed by atoms with E-state index in [2.05, 4.69) is 31.2 Å². The minimum absolute atomic E-state index is 0.00251. The van der Waals surface area contributed by atoms with Crippen LogP contribution >= 0.6 is 0 Å². The second-order valence-corrected chi connectivity index (χ2v) is 10.2. The Labute approximate surface area is 214 Å². The minimum atomic E-state index is -0.914. The number of ether oxygens (including phenoxy) is 2. The Bertz CT molecular complexity index is 1000. The molecule has 1 saturated carbocycles. The molecule has 198 valence electrons. The molecule has 1 heterocycles. The molecule has 1 unspecified atom stereocenters. The first-order chi connectivity index (χ1) is 17.2. The summed E-state index contributed by atoms with van der Waals surface area (Å²) in [5.41, 5.74) is 1.69. The van der Waals surface area contributed by atoms with Gasteiger partial charge in [0.15, 0.2) is 5.69 Å². The maximum Gasteiger partial charge on any atom is 0.305 e. The number of rotatable bonds is 12. The predicted octanol–water partition coefficient (Wildman–Crippen LogP) is 5.72. The fraction of sp³-hybridized carbons (Fsp3) is 0.607. The van der Waals surface area contributed by atoms with Crippen molar-refractivity contribution in [3.8, 4) is 22.8 Å². The molecule has 2 atom stereocenters. The molecule has 1 amide bonds. The highest BCUT2D eigenvalue weighted by molar-refractivity contribution is 5.94. The number of nitrogens with zero attached hydrogens (tertiary/aromatic N) is 2. The molecule has 0 spiro atoms. The third kappa shape index (κ3) is 6.80. The zero-order valence-electron chi connectivity index (χ0n) is 22.3. The van der Waals surface area contributed by atoms with Gasteiger partial charge in [0.25, 0.3) is 5.91 Å². The highest BCUT2D eigenvalue weighted by Gasteiger charge is 2.27. The number of hydrogen-bond acceptors (Lipinski definition) is 5. The van der Waals surface area contributed by atoms with E-state index in [1.165, 1.54) is 32.1 Å². The molecule has 2 aromatic rings. The maximum atomic E-state index is 13.3. The third-order valence-electron chi connectivity index (χ3n) is 7.41. The molecule has 8 heteroatoms. The zero-order chi connectivity index (χ0) is 26.2. The Kier molecular flexibility index (Phi) is 9.79. The number of hydrogen-bond donors (Lipinski definition) is 2. The average Bonchev–Trinajstić information content (AvgIpc) is 3.31. The number of carbonyl (C=O) groups excluding carboxylic acids is 1. The van der Waals surface area contributed by atoms with Crippen LogP contribution in [0, 0.1) is 11.8 Å². The lowest BCUT2D eigenvalue weighted by Crippen LogP contribution is -2.37. The molecule has 1 aliphatic carbocycles. The molecule has 36 heavy (non-hydrogen) atoms. The summed E-state index contributed by atoms with van der Waals surface area (Å²) in [6, 6.07) is 6.86. The number of carbonyl (C=O) groups is 2. The van der Waals surface area contributed by atoms with E-state index in [0.717, 1.165) is 12.0 Å². The van der Waals surface area contributed by atoms with Crippen molar-refractivity contribution in [2.24, 2.45) is 11.8 Å². The molecular formula is C28H41N3O5. The van der Waals surface area contributed by atoms with Crippen LogP contribution in [-0.4, -0.2) is 47.0 Å². The van der Waals surface area contributed by atoms with Crippen molar-refractivity contribution in [3.63, 3.8) is 0 Å². The largest absolute Gasteiger partial charge is 0.496 e. The second kappa shape index (κ2) is 12.8. The second-order valence-electron chi connectivity index (χ2n) is 10.2. The lowest BCUT2D eigenvalue weighted by molar-refractivity contribution is -0.137. The smallest absolute Gasteiger partial charge is 0.305 e. The van der Waals surface area contributed by atoms with Crippen LogP contribution in [0.5, 0.6) is 11.5 Å². The topological polar surface area (TPSA) is 103 Å². The summed E-state index contributed by atoms with van der Waals surface area (Å²) in [4.78, 5) is 24.9. The van der Waals surface area contributed by atoms with Crippen LogP contribution in [0.2, 0.25) is 0 Å². The summed E-state index contributed by atoms with van der Waals surface area (Å²) in [5, 5.41) is 17.1. The molecular weight excluding hydrogens is 458 g/mol. The van der Waals surface area contributed by atoms with Gasteiger partial charge in [-0.25, -0.2) is 0 Å². The highest BCUT2D eigenvalue weighted by Crippen LogP contribution is 2.40. The lowest BCUT2D eigenvalue weighted by atomic mass is 9.85. The Morgan fingerprint density at radius 2 is 1.75 bits per heavy atom. The molecule has 3 rings (SSSR count). The molecule has 8 nitrogen and oxygen atoms in total. The predicted molar refractivity (Wildman–Crippen MR) is 140 cm³/mol. The lowest BCUT2D eigenvalue weighted by Gasteiger charge is -2.24. The monoisotopic (exact) mass is 499 g/mol. The average molecular weight is 500 g/mol. The van der Waals surface area contributed by atoms with Crippen LogP contribution in [0.25, 0.3) is 11.3 Å². The number of amides is 1. The SMILES string of the molecule is COc1cccc(OC)c1-c1cc(C(=O)N[C@@H](CCC2CCCCC2)CC(=O)O)nn1C(C)C(C)C. The Hall–Kier alpha value is -3.03. The normalized spacial score (nSPS) is 15.9. The van der Waals surface area contributed by atoms with Crippen LogP contribution in [0.4, 0.5) is 0 Å². The molecule has 0 saturated heterocycles. The van der Waals surface area contributed by atoms with Gasteiger partial charge in [-0.15, -0.1) is 0 Å². The van der Waals surface area contributed by atoms with Crippen molar-refractivity contribution >= 4 is 11.9 Å². The van der Waals surface area contributed by atoms with E-state index in [9.17, 15) is 14.7 Å². The van der Waals surface area contributed by atoms with E-state index >= 15 is 0 Å². The van der Waals surface area contributed by atoms with E-state index in [1.54, 1.807) is 20.3 Å². The number of methoxy groups -OCH3 is 2. The Balaban J connectivity index is 1.90. The summed E-state index contributed by atoms with van der Waals surface area (Å²) in [6.07, 6.45) is 7.62. The summed E-state index contributed by atoms with van der Waals surface area (Å²) < 4.78 is 13.1. The Morgan fingerprint density at radius 3 is 2.31 bits per heavy atom. The summed E-state index contributed by atoms with van der Waals surface area (Å²) in [5.74, 6) is 0.833. The first kappa shape index (κ1) is 27.6. The molecule has 1 aromatic carbocycles. The molecule has 0 bridgehead atoms. The summed E-state index contributed by atoms with van der Waals surface area (Å²) >= 11 is 0.